The Kier molecular flexibility index (Phi) is 3.43. The van der Waals surface area contributed by atoms with Crippen molar-refractivity contribution >= 4 is 17.7 Å². The fourth-order valence-corrected chi connectivity index (χ4v) is 1.82. The second-order valence-corrected chi connectivity index (χ2v) is 4.37. The standard InChI is InChI=1S/C11H11N3O2S/c1-7-4-2-3-5-8(7)10-13-14-11(16-10)17-6-9(12)15/h2-5H,6H2,1H3,(H2,12,15). The van der Waals surface area contributed by atoms with Crippen LogP contribution in [-0.4, -0.2) is 21.9 Å². The predicted molar refractivity (Wildman–Crippen MR) is 64.4 cm³/mol. The number of primary amides is 1. The van der Waals surface area contributed by atoms with Crippen LogP contribution in [0.4, 0.5) is 0 Å². The SMILES string of the molecule is Cc1ccccc1-c1nnc(SCC(N)=O)o1. The molecule has 0 aliphatic carbocycles. The molecular formula is C11H11N3O2S. The highest BCUT2D eigenvalue weighted by atomic mass is 32.2. The summed E-state index contributed by atoms with van der Waals surface area (Å²) in [7, 11) is 0. The number of nitrogens with zero attached hydrogens (tertiary/aromatic N) is 2. The normalized spacial score (nSPS) is 10.4. The number of aromatic nitrogens is 2. The molecule has 0 radical (unpaired) electrons. The lowest BCUT2D eigenvalue weighted by atomic mass is 10.1. The zero-order valence-corrected chi connectivity index (χ0v) is 10.0. The summed E-state index contributed by atoms with van der Waals surface area (Å²) in [6.07, 6.45) is 0. The van der Waals surface area contributed by atoms with Gasteiger partial charge in [-0.15, -0.1) is 10.2 Å². The third kappa shape index (κ3) is 2.85. The Bertz CT molecular complexity index is 539. The monoisotopic (exact) mass is 249 g/mol. The number of carbonyl (C=O) groups excluding carboxylic acids is 1. The van der Waals surface area contributed by atoms with Crippen molar-refractivity contribution < 1.29 is 9.21 Å². The number of hydrogen-bond acceptors (Lipinski definition) is 5. The van der Waals surface area contributed by atoms with Crippen LogP contribution < -0.4 is 5.73 Å². The van der Waals surface area contributed by atoms with Gasteiger partial charge in [-0.2, -0.15) is 0 Å². The van der Waals surface area contributed by atoms with Gasteiger partial charge < -0.3 is 10.2 Å². The van der Waals surface area contributed by atoms with E-state index in [-0.39, 0.29) is 5.75 Å². The molecule has 2 aromatic rings. The number of carbonyl (C=O) groups is 1. The molecular weight excluding hydrogens is 238 g/mol. The topological polar surface area (TPSA) is 82.0 Å². The van der Waals surface area contributed by atoms with Crippen LogP contribution in [-0.2, 0) is 4.79 Å². The molecule has 0 saturated carbocycles. The van der Waals surface area contributed by atoms with Crippen molar-refractivity contribution in [1.29, 1.82) is 0 Å². The molecule has 1 heterocycles. The molecule has 17 heavy (non-hydrogen) atoms. The van der Waals surface area contributed by atoms with Crippen LogP contribution in [0.3, 0.4) is 0 Å². The lowest BCUT2D eigenvalue weighted by Crippen LogP contribution is -2.12. The van der Waals surface area contributed by atoms with Crippen molar-refractivity contribution in [2.45, 2.75) is 12.1 Å². The van der Waals surface area contributed by atoms with Gasteiger partial charge in [0.2, 0.25) is 11.8 Å². The van der Waals surface area contributed by atoms with Crippen LogP contribution in [0.15, 0.2) is 33.9 Å². The summed E-state index contributed by atoms with van der Waals surface area (Å²) in [6.45, 7) is 1.97. The van der Waals surface area contributed by atoms with E-state index in [9.17, 15) is 4.79 Å². The molecule has 6 heteroatoms. The molecule has 0 fully saturated rings. The molecule has 1 aromatic heterocycles. The smallest absolute Gasteiger partial charge is 0.277 e. The van der Waals surface area contributed by atoms with E-state index in [2.05, 4.69) is 10.2 Å². The van der Waals surface area contributed by atoms with Gasteiger partial charge in [-0.25, -0.2) is 0 Å². The third-order valence-corrected chi connectivity index (χ3v) is 2.96. The second kappa shape index (κ2) is 5.01. The Morgan fingerprint density at radius 1 is 1.41 bits per heavy atom. The van der Waals surface area contributed by atoms with Crippen LogP contribution in [0, 0.1) is 6.92 Å². The summed E-state index contributed by atoms with van der Waals surface area (Å²) in [4.78, 5) is 10.6. The lowest BCUT2D eigenvalue weighted by Gasteiger charge is -1.98. The van der Waals surface area contributed by atoms with E-state index in [0.29, 0.717) is 11.1 Å². The average molecular weight is 249 g/mol. The Morgan fingerprint density at radius 3 is 2.88 bits per heavy atom. The van der Waals surface area contributed by atoms with Crippen molar-refractivity contribution in [1.82, 2.24) is 10.2 Å². The van der Waals surface area contributed by atoms with Gasteiger partial charge in [-0.3, -0.25) is 4.79 Å². The highest BCUT2D eigenvalue weighted by Gasteiger charge is 2.11. The van der Waals surface area contributed by atoms with Gasteiger partial charge >= 0.3 is 0 Å². The number of rotatable bonds is 4. The van der Waals surface area contributed by atoms with Crippen molar-refractivity contribution in [3.05, 3.63) is 29.8 Å². The second-order valence-electron chi connectivity index (χ2n) is 3.44. The Hall–Kier alpha value is -1.82. The molecule has 0 atom stereocenters. The maximum Gasteiger partial charge on any atom is 0.277 e. The molecule has 5 nitrogen and oxygen atoms in total. The largest absolute Gasteiger partial charge is 0.411 e. The maximum absolute atomic E-state index is 10.6. The number of nitrogens with two attached hydrogens (primary N) is 1. The van der Waals surface area contributed by atoms with E-state index in [1.165, 1.54) is 0 Å². The molecule has 0 unspecified atom stereocenters. The molecule has 0 aliphatic rings. The minimum atomic E-state index is -0.411. The highest BCUT2D eigenvalue weighted by molar-refractivity contribution is 7.99. The van der Waals surface area contributed by atoms with Crippen molar-refractivity contribution in [3.8, 4) is 11.5 Å². The summed E-state index contributed by atoms with van der Waals surface area (Å²) in [5.41, 5.74) is 6.99. The van der Waals surface area contributed by atoms with Gasteiger partial charge in [0.15, 0.2) is 0 Å². The summed E-state index contributed by atoms with van der Waals surface area (Å²) in [5, 5.41) is 8.13. The molecule has 1 aromatic carbocycles. The molecule has 2 N–H and O–H groups in total. The number of aryl methyl sites for hydroxylation is 1. The third-order valence-electron chi connectivity index (χ3n) is 2.12. The van der Waals surface area contributed by atoms with Crippen molar-refractivity contribution in [2.75, 3.05) is 5.75 Å². The van der Waals surface area contributed by atoms with Crippen molar-refractivity contribution in [3.63, 3.8) is 0 Å². The Morgan fingerprint density at radius 2 is 2.18 bits per heavy atom. The molecule has 0 aliphatic heterocycles. The zero-order chi connectivity index (χ0) is 12.3. The van der Waals surface area contributed by atoms with E-state index >= 15 is 0 Å². The summed E-state index contributed by atoms with van der Waals surface area (Å²) in [6, 6.07) is 7.72. The van der Waals surface area contributed by atoms with Gasteiger partial charge in [0, 0.05) is 5.56 Å². The first-order chi connectivity index (χ1) is 8.16. The van der Waals surface area contributed by atoms with E-state index in [1.54, 1.807) is 0 Å². The number of benzene rings is 1. The van der Waals surface area contributed by atoms with Crippen LogP contribution in [0.1, 0.15) is 5.56 Å². The number of amides is 1. The van der Waals surface area contributed by atoms with Gasteiger partial charge in [-0.05, 0) is 18.6 Å². The molecule has 2 rings (SSSR count). The van der Waals surface area contributed by atoms with E-state index in [4.69, 9.17) is 10.2 Å². The number of hydrogen-bond donors (Lipinski definition) is 1. The minimum absolute atomic E-state index is 0.134. The first-order valence-corrected chi connectivity index (χ1v) is 5.96. The zero-order valence-electron chi connectivity index (χ0n) is 9.21. The predicted octanol–water partition coefficient (Wildman–Crippen LogP) is 1.62. The molecule has 88 valence electrons. The van der Waals surface area contributed by atoms with Crippen LogP contribution >= 0.6 is 11.8 Å². The number of thioether (sulfide) groups is 1. The highest BCUT2D eigenvalue weighted by Crippen LogP contribution is 2.25. The van der Waals surface area contributed by atoms with Crippen molar-refractivity contribution in [2.24, 2.45) is 5.73 Å². The molecule has 0 spiro atoms. The maximum atomic E-state index is 10.6. The van der Waals surface area contributed by atoms with Gasteiger partial charge in [-0.1, -0.05) is 30.0 Å². The fraction of sp³-hybridized carbons (Fsp3) is 0.182. The summed E-state index contributed by atoms with van der Waals surface area (Å²) < 4.78 is 5.43. The van der Waals surface area contributed by atoms with Crippen LogP contribution in [0.25, 0.3) is 11.5 Å². The quantitative estimate of drug-likeness (QED) is 0.833. The first kappa shape index (κ1) is 11.7. The minimum Gasteiger partial charge on any atom is -0.411 e. The van der Waals surface area contributed by atoms with Crippen LogP contribution in [0.5, 0.6) is 0 Å². The lowest BCUT2D eigenvalue weighted by molar-refractivity contribution is -0.115. The van der Waals surface area contributed by atoms with Gasteiger partial charge in [0.25, 0.3) is 5.22 Å². The molecule has 0 bridgehead atoms. The van der Waals surface area contributed by atoms with E-state index < -0.39 is 5.91 Å². The van der Waals surface area contributed by atoms with Crippen LogP contribution in [0.2, 0.25) is 0 Å². The first-order valence-electron chi connectivity index (χ1n) is 4.97. The summed E-state index contributed by atoms with van der Waals surface area (Å²) >= 11 is 1.14. The van der Waals surface area contributed by atoms with E-state index in [0.717, 1.165) is 22.9 Å². The molecule has 1 amide bonds. The average Bonchev–Trinajstić information content (AvgIpc) is 2.75. The Labute approximate surface area is 102 Å². The molecule has 0 saturated heterocycles. The summed E-state index contributed by atoms with van der Waals surface area (Å²) in [5.74, 6) is 0.177. The fourth-order valence-electron chi connectivity index (χ4n) is 1.32. The Balaban J connectivity index is 2.18. The van der Waals surface area contributed by atoms with E-state index in [1.807, 2.05) is 31.2 Å². The van der Waals surface area contributed by atoms with Gasteiger partial charge in [0.1, 0.15) is 0 Å². The van der Waals surface area contributed by atoms with Gasteiger partial charge in [0.05, 0.1) is 5.75 Å².